The van der Waals surface area contributed by atoms with Crippen LogP contribution in [0.5, 0.6) is 11.5 Å². The lowest BCUT2D eigenvalue weighted by Crippen LogP contribution is -2.43. The van der Waals surface area contributed by atoms with Gasteiger partial charge in [0.15, 0.2) is 11.5 Å². The van der Waals surface area contributed by atoms with Crippen molar-refractivity contribution in [3.8, 4) is 11.5 Å². The van der Waals surface area contributed by atoms with Crippen LogP contribution >= 0.6 is 0 Å². The molecular weight excluding hydrogens is 276 g/mol. The van der Waals surface area contributed by atoms with Crippen LogP contribution in [0.15, 0.2) is 12.1 Å². The molecule has 3 aliphatic rings. The SMILES string of the molecule is COc1c(O)ccc2c1CCC1C2CC[C@]2(C)C1CC[C@H]2O. The van der Waals surface area contributed by atoms with E-state index in [1.54, 1.807) is 13.2 Å². The molecule has 3 aliphatic carbocycles. The number of hydrogen-bond donors (Lipinski definition) is 2. The second kappa shape index (κ2) is 4.89. The predicted molar refractivity (Wildman–Crippen MR) is 85.3 cm³/mol. The van der Waals surface area contributed by atoms with Crippen molar-refractivity contribution in [1.82, 2.24) is 0 Å². The molecule has 0 saturated heterocycles. The smallest absolute Gasteiger partial charge is 0.163 e. The maximum atomic E-state index is 10.4. The highest BCUT2D eigenvalue weighted by Gasteiger charge is 2.54. The van der Waals surface area contributed by atoms with Gasteiger partial charge in [-0.25, -0.2) is 0 Å². The Morgan fingerprint density at radius 3 is 2.77 bits per heavy atom. The highest BCUT2D eigenvalue weighted by Crippen LogP contribution is 2.61. The first-order chi connectivity index (χ1) is 10.6. The summed E-state index contributed by atoms with van der Waals surface area (Å²) in [6.07, 6.45) is 6.42. The summed E-state index contributed by atoms with van der Waals surface area (Å²) in [4.78, 5) is 0. The number of methoxy groups -OCH3 is 1. The minimum absolute atomic E-state index is 0.116. The minimum atomic E-state index is -0.116. The van der Waals surface area contributed by atoms with Gasteiger partial charge in [0.25, 0.3) is 0 Å². The summed E-state index contributed by atoms with van der Waals surface area (Å²) in [6, 6.07) is 3.90. The summed E-state index contributed by atoms with van der Waals surface area (Å²) in [6.45, 7) is 2.30. The van der Waals surface area contributed by atoms with Gasteiger partial charge in [0.05, 0.1) is 13.2 Å². The highest BCUT2D eigenvalue weighted by atomic mass is 16.5. The third kappa shape index (κ3) is 1.78. The van der Waals surface area contributed by atoms with Crippen LogP contribution in [0, 0.1) is 17.3 Å². The standard InChI is InChI=1S/C19H26O3/c1-19-10-9-12-11-5-7-16(20)18(22-2)14(11)4-3-13(12)15(19)6-8-17(19)21/h5,7,12-13,15,17,20-21H,3-4,6,8-10H2,1-2H3/t12?,13?,15?,17-,19-/m1/s1. The summed E-state index contributed by atoms with van der Waals surface area (Å²) in [5.41, 5.74) is 2.72. The van der Waals surface area contributed by atoms with Crippen LogP contribution in [0.3, 0.4) is 0 Å². The van der Waals surface area contributed by atoms with Crippen molar-refractivity contribution in [2.45, 2.75) is 57.5 Å². The molecule has 1 aromatic carbocycles. The Labute approximate surface area is 132 Å². The third-order valence-corrected chi connectivity index (χ3v) is 6.99. The summed E-state index contributed by atoms with van der Waals surface area (Å²) >= 11 is 0. The van der Waals surface area contributed by atoms with E-state index in [1.165, 1.54) is 17.5 Å². The van der Waals surface area contributed by atoms with E-state index < -0.39 is 0 Å². The maximum absolute atomic E-state index is 10.4. The Morgan fingerprint density at radius 2 is 2.00 bits per heavy atom. The zero-order valence-electron chi connectivity index (χ0n) is 13.5. The number of aromatic hydroxyl groups is 1. The summed E-state index contributed by atoms with van der Waals surface area (Å²) in [5, 5.41) is 20.5. The molecule has 4 rings (SSSR count). The second-order valence-corrected chi connectivity index (χ2v) is 7.74. The Bertz CT molecular complexity index is 597. The Hall–Kier alpha value is -1.22. The van der Waals surface area contributed by atoms with Gasteiger partial charge in [0.1, 0.15) is 0 Å². The van der Waals surface area contributed by atoms with Crippen LogP contribution in [-0.2, 0) is 6.42 Å². The fraction of sp³-hybridized carbons (Fsp3) is 0.684. The molecule has 3 unspecified atom stereocenters. The molecule has 0 bridgehead atoms. The molecule has 0 aliphatic heterocycles. The van der Waals surface area contributed by atoms with Crippen molar-refractivity contribution in [1.29, 1.82) is 0 Å². The van der Waals surface area contributed by atoms with E-state index in [1.807, 2.05) is 0 Å². The topological polar surface area (TPSA) is 49.7 Å². The number of aliphatic hydroxyl groups is 1. The zero-order valence-corrected chi connectivity index (χ0v) is 13.5. The van der Waals surface area contributed by atoms with Crippen LogP contribution in [0.4, 0.5) is 0 Å². The molecule has 2 N–H and O–H groups in total. The Kier molecular flexibility index (Phi) is 3.19. The maximum Gasteiger partial charge on any atom is 0.163 e. The van der Waals surface area contributed by atoms with Gasteiger partial charge in [-0.3, -0.25) is 0 Å². The van der Waals surface area contributed by atoms with Crippen molar-refractivity contribution in [3.63, 3.8) is 0 Å². The van der Waals surface area contributed by atoms with E-state index in [-0.39, 0.29) is 17.3 Å². The van der Waals surface area contributed by atoms with Crippen molar-refractivity contribution >= 4 is 0 Å². The van der Waals surface area contributed by atoms with E-state index in [4.69, 9.17) is 4.74 Å². The monoisotopic (exact) mass is 302 g/mol. The van der Waals surface area contributed by atoms with Gasteiger partial charge < -0.3 is 14.9 Å². The number of hydrogen-bond acceptors (Lipinski definition) is 3. The first-order valence-electron chi connectivity index (χ1n) is 8.63. The predicted octanol–water partition coefficient (Wildman–Crippen LogP) is 3.62. The van der Waals surface area contributed by atoms with Gasteiger partial charge in [-0.05, 0) is 73.3 Å². The van der Waals surface area contributed by atoms with Crippen LogP contribution < -0.4 is 4.74 Å². The highest BCUT2D eigenvalue weighted by molar-refractivity contribution is 5.52. The number of aliphatic hydroxyl groups excluding tert-OH is 1. The fourth-order valence-corrected chi connectivity index (χ4v) is 5.82. The number of ether oxygens (including phenoxy) is 1. The van der Waals surface area contributed by atoms with Gasteiger partial charge in [-0.1, -0.05) is 13.0 Å². The lowest BCUT2D eigenvalue weighted by atomic mass is 9.55. The van der Waals surface area contributed by atoms with Crippen LogP contribution in [-0.4, -0.2) is 23.4 Å². The van der Waals surface area contributed by atoms with Crippen LogP contribution in [0.2, 0.25) is 0 Å². The lowest BCUT2D eigenvalue weighted by Gasteiger charge is -2.50. The molecule has 0 radical (unpaired) electrons. The molecular formula is C19H26O3. The van der Waals surface area contributed by atoms with E-state index in [2.05, 4.69) is 13.0 Å². The molecule has 5 atom stereocenters. The number of phenolic OH excluding ortho intramolecular Hbond substituents is 1. The molecule has 22 heavy (non-hydrogen) atoms. The van der Waals surface area contributed by atoms with E-state index in [0.29, 0.717) is 23.5 Å². The van der Waals surface area contributed by atoms with E-state index >= 15 is 0 Å². The van der Waals surface area contributed by atoms with Gasteiger partial charge in [0, 0.05) is 5.56 Å². The number of rotatable bonds is 1. The van der Waals surface area contributed by atoms with E-state index in [0.717, 1.165) is 32.1 Å². The first-order valence-corrected chi connectivity index (χ1v) is 8.63. The quantitative estimate of drug-likeness (QED) is 0.833. The molecule has 2 saturated carbocycles. The van der Waals surface area contributed by atoms with E-state index in [9.17, 15) is 10.2 Å². The number of phenols is 1. The second-order valence-electron chi connectivity index (χ2n) is 7.74. The Balaban J connectivity index is 1.74. The van der Waals surface area contributed by atoms with Crippen molar-refractivity contribution in [2.24, 2.45) is 17.3 Å². The minimum Gasteiger partial charge on any atom is -0.504 e. The molecule has 0 spiro atoms. The molecule has 0 aromatic heterocycles. The summed E-state index contributed by atoms with van der Waals surface area (Å²) in [7, 11) is 1.65. The third-order valence-electron chi connectivity index (χ3n) is 6.99. The van der Waals surface area contributed by atoms with Crippen LogP contribution in [0.25, 0.3) is 0 Å². The largest absolute Gasteiger partial charge is 0.504 e. The number of fused-ring (bicyclic) bond motifs is 5. The molecule has 120 valence electrons. The summed E-state index contributed by atoms with van der Waals surface area (Å²) in [5.74, 6) is 2.83. The molecule has 3 heteroatoms. The van der Waals surface area contributed by atoms with Gasteiger partial charge >= 0.3 is 0 Å². The van der Waals surface area contributed by atoms with Gasteiger partial charge in [-0.2, -0.15) is 0 Å². The van der Waals surface area contributed by atoms with Gasteiger partial charge in [0.2, 0.25) is 0 Å². The summed E-state index contributed by atoms with van der Waals surface area (Å²) < 4.78 is 5.46. The molecule has 1 aromatic rings. The van der Waals surface area contributed by atoms with Crippen molar-refractivity contribution < 1.29 is 14.9 Å². The molecule has 2 fully saturated rings. The van der Waals surface area contributed by atoms with Crippen molar-refractivity contribution in [2.75, 3.05) is 7.11 Å². The average Bonchev–Trinajstić information content (AvgIpc) is 2.82. The normalized spacial score (nSPS) is 39.8. The fourth-order valence-electron chi connectivity index (χ4n) is 5.82. The van der Waals surface area contributed by atoms with Crippen LogP contribution in [0.1, 0.15) is 56.1 Å². The average molecular weight is 302 g/mol. The number of benzene rings is 1. The zero-order chi connectivity index (χ0) is 15.5. The lowest BCUT2D eigenvalue weighted by molar-refractivity contribution is -0.0227. The molecule has 0 amide bonds. The molecule has 3 nitrogen and oxygen atoms in total. The first kappa shape index (κ1) is 14.4. The molecule has 0 heterocycles. The Morgan fingerprint density at radius 1 is 1.18 bits per heavy atom. The van der Waals surface area contributed by atoms with Crippen molar-refractivity contribution in [3.05, 3.63) is 23.3 Å². The van der Waals surface area contributed by atoms with Gasteiger partial charge in [-0.15, -0.1) is 0 Å².